The van der Waals surface area contributed by atoms with Gasteiger partial charge < -0.3 is 4.90 Å². The maximum atomic E-state index is 12.7. The summed E-state index contributed by atoms with van der Waals surface area (Å²) in [5.74, 6) is 1.12. The molecule has 1 N–H and O–H groups in total. The van der Waals surface area contributed by atoms with Crippen LogP contribution < -0.4 is 4.90 Å². The average molecular weight is 284 g/mol. The molecule has 2 aromatic rings. The summed E-state index contributed by atoms with van der Waals surface area (Å²) in [5, 5.41) is 6.94. The van der Waals surface area contributed by atoms with Gasteiger partial charge >= 0.3 is 0 Å². The molecular formula is C16H20N4O. The van der Waals surface area contributed by atoms with Crippen LogP contribution in [0.4, 0.5) is 5.69 Å². The zero-order valence-corrected chi connectivity index (χ0v) is 12.5. The fourth-order valence-corrected chi connectivity index (χ4v) is 2.65. The molecule has 1 aromatic heterocycles. The molecule has 0 fully saturated rings. The third-order valence-electron chi connectivity index (χ3n) is 3.85. The standard InChI is InChI=1S/C16H20N4O/c1-11(2)14-17-15(19-18-14)16(21)20-10-6-5-8-12-7-3-4-9-13(12)20/h3-4,7,9,11H,5-6,8,10H2,1-2H3,(H,17,18,19). The fourth-order valence-electron chi connectivity index (χ4n) is 2.65. The molecule has 0 saturated carbocycles. The molecule has 5 heteroatoms. The topological polar surface area (TPSA) is 61.9 Å². The van der Waals surface area contributed by atoms with Crippen LogP contribution in [0.2, 0.25) is 0 Å². The quantitative estimate of drug-likeness (QED) is 0.922. The van der Waals surface area contributed by atoms with E-state index in [1.807, 2.05) is 36.9 Å². The van der Waals surface area contributed by atoms with Crippen LogP contribution in [0.5, 0.6) is 0 Å². The van der Waals surface area contributed by atoms with E-state index in [0.717, 1.165) is 37.3 Å². The Labute approximate surface area is 124 Å². The van der Waals surface area contributed by atoms with E-state index in [2.05, 4.69) is 21.2 Å². The number of rotatable bonds is 2. The monoisotopic (exact) mass is 284 g/mol. The van der Waals surface area contributed by atoms with E-state index in [1.165, 1.54) is 5.56 Å². The first-order chi connectivity index (χ1) is 10.2. The van der Waals surface area contributed by atoms with E-state index >= 15 is 0 Å². The lowest BCUT2D eigenvalue weighted by molar-refractivity contribution is 0.0977. The Morgan fingerprint density at radius 3 is 2.86 bits per heavy atom. The zero-order chi connectivity index (χ0) is 14.8. The summed E-state index contributed by atoms with van der Waals surface area (Å²) in [6.45, 7) is 4.77. The molecule has 0 spiro atoms. The summed E-state index contributed by atoms with van der Waals surface area (Å²) in [6, 6.07) is 8.10. The summed E-state index contributed by atoms with van der Waals surface area (Å²) < 4.78 is 0. The second-order valence-corrected chi connectivity index (χ2v) is 5.74. The van der Waals surface area contributed by atoms with Crippen molar-refractivity contribution in [1.82, 2.24) is 15.2 Å². The molecule has 0 aliphatic carbocycles. The molecule has 3 rings (SSSR count). The van der Waals surface area contributed by atoms with E-state index in [-0.39, 0.29) is 17.6 Å². The first-order valence-electron chi connectivity index (χ1n) is 7.49. The van der Waals surface area contributed by atoms with Crippen molar-refractivity contribution in [2.45, 2.75) is 39.0 Å². The SMILES string of the molecule is CC(C)c1nc(C(=O)N2CCCCc3ccccc32)n[nH]1. The van der Waals surface area contributed by atoms with Crippen LogP contribution in [0.3, 0.4) is 0 Å². The molecular weight excluding hydrogens is 264 g/mol. The summed E-state index contributed by atoms with van der Waals surface area (Å²) in [6.07, 6.45) is 3.12. The number of carbonyl (C=O) groups excluding carboxylic acids is 1. The van der Waals surface area contributed by atoms with Crippen molar-refractivity contribution >= 4 is 11.6 Å². The van der Waals surface area contributed by atoms with Crippen molar-refractivity contribution in [3.05, 3.63) is 41.5 Å². The molecule has 110 valence electrons. The first kappa shape index (κ1) is 13.8. The first-order valence-corrected chi connectivity index (χ1v) is 7.49. The van der Waals surface area contributed by atoms with Crippen LogP contribution in [-0.2, 0) is 6.42 Å². The van der Waals surface area contributed by atoms with Gasteiger partial charge in [0.1, 0.15) is 5.82 Å². The predicted octanol–water partition coefficient (Wildman–Crippen LogP) is 2.91. The van der Waals surface area contributed by atoms with Crippen LogP contribution >= 0.6 is 0 Å². The lowest BCUT2D eigenvalue weighted by atomic mass is 10.1. The smallest absolute Gasteiger partial charge is 0.297 e. The number of anilines is 1. The summed E-state index contributed by atoms with van der Waals surface area (Å²) >= 11 is 0. The number of aromatic amines is 1. The molecule has 21 heavy (non-hydrogen) atoms. The van der Waals surface area contributed by atoms with Crippen LogP contribution in [0.1, 0.15) is 54.6 Å². The number of hydrogen-bond donors (Lipinski definition) is 1. The van der Waals surface area contributed by atoms with Gasteiger partial charge in [-0.15, -0.1) is 5.10 Å². The maximum absolute atomic E-state index is 12.7. The molecule has 0 unspecified atom stereocenters. The maximum Gasteiger partial charge on any atom is 0.297 e. The minimum Gasteiger partial charge on any atom is -0.305 e. The Balaban J connectivity index is 1.93. The van der Waals surface area contributed by atoms with Crippen LogP contribution in [0.15, 0.2) is 24.3 Å². The molecule has 1 amide bonds. The van der Waals surface area contributed by atoms with Gasteiger partial charge in [0, 0.05) is 18.2 Å². The third-order valence-corrected chi connectivity index (χ3v) is 3.85. The largest absolute Gasteiger partial charge is 0.305 e. The van der Waals surface area contributed by atoms with Gasteiger partial charge in [-0.25, -0.2) is 4.98 Å². The van der Waals surface area contributed by atoms with E-state index in [9.17, 15) is 4.79 Å². The van der Waals surface area contributed by atoms with E-state index in [4.69, 9.17) is 0 Å². The van der Waals surface area contributed by atoms with Crippen LogP contribution in [0, 0.1) is 0 Å². The Kier molecular flexibility index (Phi) is 3.73. The van der Waals surface area contributed by atoms with Crippen LogP contribution in [-0.4, -0.2) is 27.6 Å². The number of fused-ring (bicyclic) bond motifs is 1. The number of aromatic nitrogens is 3. The van der Waals surface area contributed by atoms with Gasteiger partial charge in [-0.3, -0.25) is 9.89 Å². The molecule has 2 heterocycles. The zero-order valence-electron chi connectivity index (χ0n) is 12.5. The Morgan fingerprint density at radius 1 is 1.29 bits per heavy atom. The fraction of sp³-hybridized carbons (Fsp3) is 0.438. The molecule has 0 bridgehead atoms. The van der Waals surface area contributed by atoms with Crippen molar-refractivity contribution in [2.75, 3.05) is 11.4 Å². The van der Waals surface area contributed by atoms with Gasteiger partial charge in [-0.2, -0.15) is 0 Å². The van der Waals surface area contributed by atoms with Crippen molar-refractivity contribution in [3.8, 4) is 0 Å². The number of H-pyrrole nitrogens is 1. The van der Waals surface area contributed by atoms with Crippen molar-refractivity contribution in [2.24, 2.45) is 0 Å². The number of benzene rings is 1. The van der Waals surface area contributed by atoms with E-state index < -0.39 is 0 Å². The third kappa shape index (κ3) is 2.68. The van der Waals surface area contributed by atoms with Gasteiger partial charge in [0.25, 0.3) is 5.91 Å². The minimum absolute atomic E-state index is 0.118. The highest BCUT2D eigenvalue weighted by atomic mass is 16.2. The number of carbonyl (C=O) groups is 1. The second kappa shape index (κ2) is 5.68. The predicted molar refractivity (Wildman–Crippen MR) is 81.5 cm³/mol. The van der Waals surface area contributed by atoms with Gasteiger partial charge in [0.15, 0.2) is 0 Å². The molecule has 1 aliphatic rings. The molecule has 1 aliphatic heterocycles. The highest BCUT2D eigenvalue weighted by molar-refractivity contribution is 6.04. The number of nitrogens with zero attached hydrogens (tertiary/aromatic N) is 3. The molecule has 0 radical (unpaired) electrons. The Bertz CT molecular complexity index is 647. The normalized spacial score (nSPS) is 14.9. The summed E-state index contributed by atoms with van der Waals surface area (Å²) in [4.78, 5) is 18.9. The summed E-state index contributed by atoms with van der Waals surface area (Å²) in [5.41, 5.74) is 2.22. The van der Waals surface area contributed by atoms with E-state index in [1.54, 1.807) is 0 Å². The minimum atomic E-state index is -0.118. The number of amides is 1. The molecule has 5 nitrogen and oxygen atoms in total. The van der Waals surface area contributed by atoms with E-state index in [0.29, 0.717) is 0 Å². The lowest BCUT2D eigenvalue weighted by Crippen LogP contribution is -2.32. The highest BCUT2D eigenvalue weighted by Crippen LogP contribution is 2.27. The van der Waals surface area contributed by atoms with Crippen molar-refractivity contribution < 1.29 is 4.79 Å². The van der Waals surface area contributed by atoms with Gasteiger partial charge in [-0.1, -0.05) is 32.0 Å². The molecule has 1 aromatic carbocycles. The van der Waals surface area contributed by atoms with Crippen LogP contribution in [0.25, 0.3) is 0 Å². The Hall–Kier alpha value is -2.17. The number of nitrogens with one attached hydrogen (secondary N) is 1. The van der Waals surface area contributed by atoms with Crippen molar-refractivity contribution in [3.63, 3.8) is 0 Å². The Morgan fingerprint density at radius 2 is 2.10 bits per heavy atom. The highest BCUT2D eigenvalue weighted by Gasteiger charge is 2.25. The lowest BCUT2D eigenvalue weighted by Gasteiger charge is -2.21. The molecule has 0 atom stereocenters. The molecule has 0 saturated heterocycles. The number of aryl methyl sites for hydroxylation is 1. The van der Waals surface area contributed by atoms with Crippen molar-refractivity contribution in [1.29, 1.82) is 0 Å². The van der Waals surface area contributed by atoms with Gasteiger partial charge in [-0.05, 0) is 30.9 Å². The average Bonchev–Trinajstić information content (AvgIpc) is 2.88. The van der Waals surface area contributed by atoms with Gasteiger partial charge in [0.2, 0.25) is 5.82 Å². The number of para-hydroxylation sites is 1. The van der Waals surface area contributed by atoms with Gasteiger partial charge in [0.05, 0.1) is 0 Å². The second-order valence-electron chi connectivity index (χ2n) is 5.74. The number of hydrogen-bond acceptors (Lipinski definition) is 3. The summed E-state index contributed by atoms with van der Waals surface area (Å²) in [7, 11) is 0.